The summed E-state index contributed by atoms with van der Waals surface area (Å²) in [5.74, 6) is 1.82. The summed E-state index contributed by atoms with van der Waals surface area (Å²) in [5, 5.41) is 3.76. The molecule has 0 heterocycles. The Bertz CT molecular complexity index is 256. The van der Waals surface area contributed by atoms with Gasteiger partial charge in [-0.2, -0.15) is 0 Å². The lowest BCUT2D eigenvalue weighted by Gasteiger charge is -2.23. The van der Waals surface area contributed by atoms with Crippen molar-refractivity contribution in [3.05, 3.63) is 0 Å². The largest absolute Gasteiger partial charge is 0.327 e. The molecule has 2 heteroatoms. The Morgan fingerprint density at radius 3 is 2.47 bits per heavy atom. The van der Waals surface area contributed by atoms with E-state index in [4.69, 9.17) is 5.73 Å². The molecule has 0 spiro atoms. The fraction of sp³-hybridized carbons (Fsp3) is 1.00. The molecule has 0 aromatic rings. The molecule has 17 heavy (non-hydrogen) atoms. The molecule has 3 aliphatic carbocycles. The van der Waals surface area contributed by atoms with Crippen LogP contribution in [0.3, 0.4) is 0 Å². The van der Waals surface area contributed by atoms with Crippen molar-refractivity contribution in [1.82, 2.24) is 5.32 Å². The summed E-state index contributed by atoms with van der Waals surface area (Å²) >= 11 is 0. The number of rotatable bonds is 5. The van der Waals surface area contributed by atoms with E-state index in [1.807, 2.05) is 0 Å². The summed E-state index contributed by atoms with van der Waals surface area (Å²) in [6.45, 7) is 2.45. The molecule has 2 atom stereocenters. The summed E-state index contributed by atoms with van der Waals surface area (Å²) in [6.07, 6.45) is 12.7. The van der Waals surface area contributed by atoms with E-state index >= 15 is 0 Å². The Morgan fingerprint density at radius 1 is 1.00 bits per heavy atom. The Labute approximate surface area is 106 Å². The molecule has 0 saturated heterocycles. The van der Waals surface area contributed by atoms with E-state index in [0.29, 0.717) is 6.04 Å². The molecule has 0 aromatic carbocycles. The maximum absolute atomic E-state index is 6.28. The van der Waals surface area contributed by atoms with E-state index in [9.17, 15) is 0 Å². The average molecular weight is 236 g/mol. The fourth-order valence-corrected chi connectivity index (χ4v) is 3.76. The molecule has 0 aliphatic heterocycles. The van der Waals surface area contributed by atoms with Crippen LogP contribution < -0.4 is 11.1 Å². The van der Waals surface area contributed by atoms with Gasteiger partial charge in [-0.15, -0.1) is 0 Å². The highest BCUT2D eigenvalue weighted by atomic mass is 14.9. The van der Waals surface area contributed by atoms with Crippen LogP contribution in [0.1, 0.15) is 57.8 Å². The summed E-state index contributed by atoms with van der Waals surface area (Å²) in [7, 11) is 0. The Balaban J connectivity index is 1.40. The summed E-state index contributed by atoms with van der Waals surface area (Å²) in [4.78, 5) is 0. The van der Waals surface area contributed by atoms with Crippen molar-refractivity contribution in [1.29, 1.82) is 0 Å². The van der Waals surface area contributed by atoms with Gasteiger partial charge in [-0.05, 0) is 62.3 Å². The molecule has 3 rings (SSSR count). The maximum atomic E-state index is 6.28. The van der Waals surface area contributed by atoms with Gasteiger partial charge in [0, 0.05) is 12.6 Å². The Morgan fingerprint density at radius 2 is 1.76 bits per heavy atom. The lowest BCUT2D eigenvalue weighted by Crippen LogP contribution is -2.38. The molecule has 2 nitrogen and oxygen atoms in total. The van der Waals surface area contributed by atoms with Gasteiger partial charge in [-0.3, -0.25) is 0 Å². The average Bonchev–Trinajstić information content (AvgIpc) is 3.17. The highest BCUT2D eigenvalue weighted by molar-refractivity contribution is 5.05. The van der Waals surface area contributed by atoms with Gasteiger partial charge in [0.15, 0.2) is 0 Å². The van der Waals surface area contributed by atoms with Crippen LogP contribution in [0, 0.1) is 17.3 Å². The number of nitrogens with two attached hydrogens (primary N) is 1. The van der Waals surface area contributed by atoms with Crippen LogP contribution in [0.5, 0.6) is 0 Å². The number of hydrogen-bond acceptors (Lipinski definition) is 2. The topological polar surface area (TPSA) is 38.0 Å². The molecule has 3 saturated carbocycles. The van der Waals surface area contributed by atoms with Gasteiger partial charge in [0.1, 0.15) is 0 Å². The second kappa shape index (κ2) is 4.89. The molecule has 0 bridgehead atoms. The van der Waals surface area contributed by atoms with Crippen LogP contribution in [0.15, 0.2) is 0 Å². The van der Waals surface area contributed by atoms with Gasteiger partial charge >= 0.3 is 0 Å². The van der Waals surface area contributed by atoms with Crippen molar-refractivity contribution < 1.29 is 0 Å². The third kappa shape index (κ3) is 2.85. The van der Waals surface area contributed by atoms with Gasteiger partial charge in [-0.25, -0.2) is 0 Å². The molecule has 3 aliphatic rings. The molecule has 0 aromatic heterocycles. The summed E-state index contributed by atoms with van der Waals surface area (Å²) in [5.41, 5.74) is 7.02. The van der Waals surface area contributed by atoms with Gasteiger partial charge in [0.25, 0.3) is 0 Å². The lowest BCUT2D eigenvalue weighted by molar-refractivity contribution is 0.338. The zero-order valence-electron chi connectivity index (χ0n) is 11.1. The zero-order valence-corrected chi connectivity index (χ0v) is 11.1. The molecule has 2 unspecified atom stereocenters. The first-order chi connectivity index (χ1) is 8.30. The normalized spacial score (nSPS) is 36.5. The van der Waals surface area contributed by atoms with Gasteiger partial charge in [-0.1, -0.05) is 19.3 Å². The molecular formula is C15H28N2. The van der Waals surface area contributed by atoms with Gasteiger partial charge < -0.3 is 11.1 Å². The minimum atomic E-state index is 0.459. The number of nitrogens with one attached hydrogen (secondary N) is 1. The first kappa shape index (κ1) is 12.0. The van der Waals surface area contributed by atoms with Gasteiger partial charge in [0.05, 0.1) is 0 Å². The van der Waals surface area contributed by atoms with E-state index in [1.165, 1.54) is 70.9 Å². The second-order valence-corrected chi connectivity index (χ2v) is 6.83. The molecule has 98 valence electrons. The van der Waals surface area contributed by atoms with E-state index < -0.39 is 0 Å². The third-order valence-corrected chi connectivity index (χ3v) is 5.44. The molecular weight excluding hydrogens is 208 g/mol. The Hall–Kier alpha value is -0.0800. The molecule has 3 N–H and O–H groups in total. The smallest absolute Gasteiger partial charge is 0.00792 e. The summed E-state index contributed by atoms with van der Waals surface area (Å²) in [6, 6.07) is 0.459. The van der Waals surface area contributed by atoms with Crippen molar-refractivity contribution in [2.24, 2.45) is 23.0 Å². The minimum Gasteiger partial charge on any atom is -0.327 e. The van der Waals surface area contributed by atoms with Crippen LogP contribution >= 0.6 is 0 Å². The van der Waals surface area contributed by atoms with Crippen LogP contribution in [-0.2, 0) is 0 Å². The second-order valence-electron chi connectivity index (χ2n) is 6.83. The van der Waals surface area contributed by atoms with Crippen molar-refractivity contribution in [2.45, 2.75) is 63.8 Å². The van der Waals surface area contributed by atoms with Crippen LogP contribution in [-0.4, -0.2) is 19.1 Å². The summed E-state index contributed by atoms with van der Waals surface area (Å²) < 4.78 is 0. The van der Waals surface area contributed by atoms with E-state index in [0.717, 1.165) is 17.3 Å². The standard InChI is InChI=1S/C15H28N2/c16-14-5-3-1-2-4-12(14)10-17-11-15(8-9-15)13-6-7-13/h12-14,17H,1-11,16H2. The molecule has 3 fully saturated rings. The van der Waals surface area contributed by atoms with Crippen LogP contribution in [0.4, 0.5) is 0 Å². The predicted octanol–water partition coefficient (Wildman–Crippen LogP) is 2.67. The highest BCUT2D eigenvalue weighted by Crippen LogP contribution is 2.60. The zero-order chi connectivity index (χ0) is 11.7. The van der Waals surface area contributed by atoms with Crippen molar-refractivity contribution >= 4 is 0 Å². The first-order valence-corrected chi connectivity index (χ1v) is 7.76. The minimum absolute atomic E-state index is 0.459. The molecule has 0 amide bonds. The van der Waals surface area contributed by atoms with E-state index in [1.54, 1.807) is 0 Å². The quantitative estimate of drug-likeness (QED) is 0.720. The van der Waals surface area contributed by atoms with E-state index in [-0.39, 0.29) is 0 Å². The van der Waals surface area contributed by atoms with Crippen molar-refractivity contribution in [3.63, 3.8) is 0 Å². The van der Waals surface area contributed by atoms with Crippen molar-refractivity contribution in [2.75, 3.05) is 13.1 Å². The van der Waals surface area contributed by atoms with Crippen LogP contribution in [0.2, 0.25) is 0 Å². The van der Waals surface area contributed by atoms with Crippen LogP contribution in [0.25, 0.3) is 0 Å². The predicted molar refractivity (Wildman–Crippen MR) is 71.8 cm³/mol. The SMILES string of the molecule is NC1CCCCCC1CNCC1(C2CC2)CC1. The number of hydrogen-bond donors (Lipinski definition) is 2. The van der Waals surface area contributed by atoms with Gasteiger partial charge in [0.2, 0.25) is 0 Å². The van der Waals surface area contributed by atoms with Crippen molar-refractivity contribution in [3.8, 4) is 0 Å². The monoisotopic (exact) mass is 236 g/mol. The highest BCUT2D eigenvalue weighted by Gasteiger charge is 2.53. The third-order valence-electron chi connectivity index (χ3n) is 5.44. The fourth-order valence-electron chi connectivity index (χ4n) is 3.76. The van der Waals surface area contributed by atoms with E-state index in [2.05, 4.69) is 5.32 Å². The Kier molecular flexibility index (Phi) is 3.45. The lowest BCUT2D eigenvalue weighted by atomic mass is 9.94. The maximum Gasteiger partial charge on any atom is 0.00792 e. The first-order valence-electron chi connectivity index (χ1n) is 7.76. The molecule has 0 radical (unpaired) electrons.